The summed E-state index contributed by atoms with van der Waals surface area (Å²) in [5, 5.41) is 3.24. The lowest BCUT2D eigenvalue weighted by molar-refractivity contribution is -0.0329. The molecule has 3 nitrogen and oxygen atoms in total. The predicted molar refractivity (Wildman–Crippen MR) is 79.0 cm³/mol. The van der Waals surface area contributed by atoms with E-state index in [9.17, 15) is 13.2 Å². The highest BCUT2D eigenvalue weighted by atomic mass is 32.2. The van der Waals surface area contributed by atoms with Crippen molar-refractivity contribution in [3.63, 3.8) is 0 Å². The van der Waals surface area contributed by atoms with Crippen LogP contribution in [0.25, 0.3) is 0 Å². The van der Waals surface area contributed by atoms with E-state index in [1.807, 2.05) is 12.1 Å². The number of hydrogen-bond donors (Lipinski definition) is 1. The topological polar surface area (TPSA) is 30.5 Å². The van der Waals surface area contributed by atoms with E-state index in [0.29, 0.717) is 18.0 Å². The quantitative estimate of drug-likeness (QED) is 0.700. The highest BCUT2D eigenvalue weighted by molar-refractivity contribution is 8.00. The second-order valence-electron chi connectivity index (χ2n) is 4.27. The molecule has 0 aliphatic heterocycles. The average Bonchev–Trinajstić information content (AvgIpc) is 2.43. The first-order valence-corrected chi connectivity index (χ1v) is 7.66. The van der Waals surface area contributed by atoms with E-state index in [1.165, 1.54) is 7.11 Å². The molecule has 0 radical (unpaired) electrons. The number of para-hydroxylation sites is 1. The standard InChI is InChI=1S/C14H20F3NO2S/c1-3-7-18-10-11-5-4-6-12(19-2)13(11)20-8-9-21-14(15,16)17/h4-6,18H,3,7-10H2,1-2H3. The molecule has 0 bridgehead atoms. The van der Waals surface area contributed by atoms with Crippen molar-refractivity contribution in [3.05, 3.63) is 23.8 Å². The van der Waals surface area contributed by atoms with Crippen LogP contribution < -0.4 is 14.8 Å². The predicted octanol–water partition coefficient (Wildman–Crippen LogP) is 3.83. The number of benzene rings is 1. The molecule has 0 saturated carbocycles. The number of hydrogen-bond acceptors (Lipinski definition) is 4. The van der Waals surface area contributed by atoms with Gasteiger partial charge in [-0.2, -0.15) is 13.2 Å². The molecule has 0 unspecified atom stereocenters. The fourth-order valence-corrected chi connectivity index (χ4v) is 2.12. The second-order valence-corrected chi connectivity index (χ2v) is 5.43. The van der Waals surface area contributed by atoms with Crippen molar-refractivity contribution in [3.8, 4) is 11.5 Å². The lowest BCUT2D eigenvalue weighted by atomic mass is 10.2. The number of halogens is 3. The van der Waals surface area contributed by atoms with Gasteiger partial charge in [0, 0.05) is 17.9 Å². The van der Waals surface area contributed by atoms with Crippen LogP contribution in [-0.4, -0.2) is 31.5 Å². The van der Waals surface area contributed by atoms with Crippen molar-refractivity contribution in [2.75, 3.05) is 26.0 Å². The molecule has 0 saturated heterocycles. The summed E-state index contributed by atoms with van der Waals surface area (Å²) in [5.74, 6) is 0.887. The molecule has 120 valence electrons. The van der Waals surface area contributed by atoms with Gasteiger partial charge >= 0.3 is 5.51 Å². The van der Waals surface area contributed by atoms with Gasteiger partial charge in [0.25, 0.3) is 0 Å². The van der Waals surface area contributed by atoms with Gasteiger partial charge in [-0.1, -0.05) is 19.1 Å². The van der Waals surface area contributed by atoms with Gasteiger partial charge in [-0.3, -0.25) is 0 Å². The zero-order chi connectivity index (χ0) is 15.7. The zero-order valence-corrected chi connectivity index (χ0v) is 12.9. The van der Waals surface area contributed by atoms with Crippen LogP contribution in [0.1, 0.15) is 18.9 Å². The molecule has 21 heavy (non-hydrogen) atoms. The largest absolute Gasteiger partial charge is 0.493 e. The number of ether oxygens (including phenoxy) is 2. The number of rotatable bonds is 9. The summed E-state index contributed by atoms with van der Waals surface area (Å²) >= 11 is -0.0878. The van der Waals surface area contributed by atoms with E-state index < -0.39 is 5.51 Å². The summed E-state index contributed by atoms with van der Waals surface area (Å²) in [5.41, 5.74) is -3.35. The van der Waals surface area contributed by atoms with E-state index >= 15 is 0 Å². The maximum atomic E-state index is 12.1. The summed E-state index contributed by atoms with van der Waals surface area (Å²) in [7, 11) is 1.51. The number of nitrogens with one attached hydrogen (secondary N) is 1. The summed E-state index contributed by atoms with van der Waals surface area (Å²) < 4.78 is 47.0. The Kier molecular flexibility index (Phi) is 7.74. The van der Waals surface area contributed by atoms with E-state index in [1.54, 1.807) is 6.07 Å². The first-order valence-electron chi connectivity index (χ1n) is 6.68. The smallest absolute Gasteiger partial charge is 0.441 e. The van der Waals surface area contributed by atoms with E-state index in [0.717, 1.165) is 18.5 Å². The summed E-state index contributed by atoms with van der Waals surface area (Å²) in [6.07, 6.45) is 1.00. The Morgan fingerprint density at radius 1 is 1.29 bits per heavy atom. The first kappa shape index (κ1) is 18.0. The molecule has 1 aromatic rings. The number of thioether (sulfide) groups is 1. The molecule has 0 aliphatic carbocycles. The Hall–Kier alpha value is -1.08. The molecular formula is C14H20F3NO2S. The second kappa shape index (κ2) is 9.04. The summed E-state index contributed by atoms with van der Waals surface area (Å²) in [4.78, 5) is 0. The van der Waals surface area contributed by atoms with E-state index in [-0.39, 0.29) is 24.1 Å². The Labute approximate surface area is 127 Å². The molecule has 1 N–H and O–H groups in total. The van der Waals surface area contributed by atoms with Gasteiger partial charge in [-0.15, -0.1) is 0 Å². The molecule has 0 aliphatic rings. The molecule has 0 fully saturated rings. The van der Waals surface area contributed by atoms with E-state index in [4.69, 9.17) is 9.47 Å². The highest BCUT2D eigenvalue weighted by Gasteiger charge is 2.27. The molecule has 1 aromatic carbocycles. The Morgan fingerprint density at radius 3 is 2.67 bits per heavy atom. The fraction of sp³-hybridized carbons (Fsp3) is 0.571. The normalized spacial score (nSPS) is 11.5. The maximum Gasteiger partial charge on any atom is 0.441 e. The van der Waals surface area contributed by atoms with Crippen molar-refractivity contribution in [2.45, 2.75) is 25.4 Å². The molecule has 0 atom stereocenters. The van der Waals surface area contributed by atoms with Crippen molar-refractivity contribution < 1.29 is 22.6 Å². The zero-order valence-electron chi connectivity index (χ0n) is 12.1. The minimum absolute atomic E-state index is 0.0225. The van der Waals surface area contributed by atoms with Crippen molar-refractivity contribution in [1.29, 1.82) is 0 Å². The maximum absolute atomic E-state index is 12.1. The van der Waals surface area contributed by atoms with Crippen LogP contribution >= 0.6 is 11.8 Å². The molecule has 0 heterocycles. The third-order valence-corrected chi connectivity index (χ3v) is 3.32. The molecule has 7 heteroatoms. The van der Waals surface area contributed by atoms with Crippen molar-refractivity contribution in [2.24, 2.45) is 0 Å². The van der Waals surface area contributed by atoms with Crippen LogP contribution in [0.3, 0.4) is 0 Å². The third kappa shape index (κ3) is 6.95. The minimum atomic E-state index is -4.23. The monoisotopic (exact) mass is 323 g/mol. The number of alkyl halides is 3. The number of methoxy groups -OCH3 is 1. The van der Waals surface area contributed by atoms with Crippen LogP contribution in [0.4, 0.5) is 13.2 Å². The Balaban J connectivity index is 2.64. The van der Waals surface area contributed by atoms with Gasteiger partial charge in [0.2, 0.25) is 0 Å². The van der Waals surface area contributed by atoms with Crippen LogP contribution in [0, 0.1) is 0 Å². The van der Waals surface area contributed by atoms with Crippen LogP contribution in [0.5, 0.6) is 11.5 Å². The lowest BCUT2D eigenvalue weighted by Crippen LogP contribution is -2.15. The fourth-order valence-electron chi connectivity index (χ4n) is 1.73. The van der Waals surface area contributed by atoms with Gasteiger partial charge in [-0.05, 0) is 30.8 Å². The first-order chi connectivity index (χ1) is 9.98. The van der Waals surface area contributed by atoms with Gasteiger partial charge in [0.1, 0.15) is 0 Å². The highest BCUT2D eigenvalue weighted by Crippen LogP contribution is 2.33. The molecule has 0 spiro atoms. The van der Waals surface area contributed by atoms with Gasteiger partial charge < -0.3 is 14.8 Å². The van der Waals surface area contributed by atoms with Crippen LogP contribution in [0.15, 0.2) is 18.2 Å². The minimum Gasteiger partial charge on any atom is -0.493 e. The van der Waals surface area contributed by atoms with Crippen LogP contribution in [0.2, 0.25) is 0 Å². The van der Waals surface area contributed by atoms with Crippen molar-refractivity contribution >= 4 is 11.8 Å². The molecular weight excluding hydrogens is 303 g/mol. The van der Waals surface area contributed by atoms with E-state index in [2.05, 4.69) is 12.2 Å². The molecule has 1 rings (SSSR count). The average molecular weight is 323 g/mol. The van der Waals surface area contributed by atoms with Crippen LogP contribution in [-0.2, 0) is 6.54 Å². The molecule has 0 aromatic heterocycles. The SMILES string of the molecule is CCCNCc1cccc(OC)c1OCCSC(F)(F)F. The van der Waals surface area contributed by atoms with Crippen molar-refractivity contribution in [1.82, 2.24) is 5.32 Å². The lowest BCUT2D eigenvalue weighted by Gasteiger charge is -2.15. The van der Waals surface area contributed by atoms with Gasteiger partial charge in [0.15, 0.2) is 11.5 Å². The van der Waals surface area contributed by atoms with Gasteiger partial charge in [-0.25, -0.2) is 0 Å². The Morgan fingerprint density at radius 2 is 2.05 bits per heavy atom. The van der Waals surface area contributed by atoms with Gasteiger partial charge in [0.05, 0.1) is 13.7 Å². The third-order valence-electron chi connectivity index (χ3n) is 2.62. The molecule has 0 amide bonds. The summed E-state index contributed by atoms with van der Waals surface area (Å²) in [6.45, 7) is 3.49. The summed E-state index contributed by atoms with van der Waals surface area (Å²) in [6, 6.07) is 5.44. The Bertz CT molecular complexity index is 427.